The van der Waals surface area contributed by atoms with Crippen molar-refractivity contribution < 1.29 is 33.6 Å². The molecule has 10 heteroatoms. The number of hydrogen-bond acceptors (Lipinski definition) is 8. The Balaban J connectivity index is 1.01. The van der Waals surface area contributed by atoms with Gasteiger partial charge in [-0.05, 0) is 116 Å². The zero-order chi connectivity index (χ0) is 34.7. The van der Waals surface area contributed by atoms with Crippen LogP contribution in [0.15, 0.2) is 0 Å². The van der Waals surface area contributed by atoms with E-state index in [9.17, 15) is 14.7 Å². The summed E-state index contributed by atoms with van der Waals surface area (Å²) in [6, 6.07) is 0.124. The normalized spacial score (nSPS) is 48.9. The molecule has 5 saturated carbocycles. The maximum absolute atomic E-state index is 13.1. The number of carbonyl (C=O) groups is 2. The van der Waals surface area contributed by atoms with Crippen LogP contribution in [0.1, 0.15) is 112 Å². The molecule has 4 N–H and O–H groups in total. The zero-order valence-corrected chi connectivity index (χ0v) is 30.9. The van der Waals surface area contributed by atoms with Gasteiger partial charge in [0.15, 0.2) is 0 Å². The van der Waals surface area contributed by atoms with Gasteiger partial charge in [0, 0.05) is 37.8 Å². The van der Waals surface area contributed by atoms with Crippen LogP contribution in [0, 0.1) is 51.2 Å². The Morgan fingerprint density at radius 3 is 2.35 bits per heavy atom. The van der Waals surface area contributed by atoms with E-state index in [0.717, 1.165) is 83.7 Å². The first-order valence-corrected chi connectivity index (χ1v) is 19.8. The van der Waals surface area contributed by atoms with Crippen molar-refractivity contribution in [3.05, 3.63) is 0 Å². The number of fused-ring (bicyclic) bond motifs is 4. The van der Waals surface area contributed by atoms with Gasteiger partial charge < -0.3 is 40.0 Å². The van der Waals surface area contributed by atoms with Crippen LogP contribution >= 0.6 is 0 Å². The Labute approximate surface area is 293 Å². The van der Waals surface area contributed by atoms with Crippen LogP contribution in [-0.2, 0) is 18.9 Å². The molecule has 0 radical (unpaired) electrons. The van der Waals surface area contributed by atoms with E-state index >= 15 is 0 Å². The zero-order valence-electron chi connectivity index (χ0n) is 30.9. The molecule has 5 aliphatic carbocycles. The molecule has 3 saturated heterocycles. The highest BCUT2D eigenvalue weighted by atomic mass is 16.6. The monoisotopic (exact) mass is 685 g/mol. The molecule has 3 aliphatic heterocycles. The smallest absolute Gasteiger partial charge is 0.410 e. The second-order valence-electron chi connectivity index (χ2n) is 19.1. The molecule has 2 spiro atoms. The first-order valence-electron chi connectivity index (χ1n) is 19.8. The third-order valence-corrected chi connectivity index (χ3v) is 16.4. The second kappa shape index (κ2) is 11.7. The lowest BCUT2D eigenvalue weighted by Crippen LogP contribution is -2.70. The predicted molar refractivity (Wildman–Crippen MR) is 183 cm³/mol. The Kier molecular flexibility index (Phi) is 8.22. The molecule has 3 heterocycles. The van der Waals surface area contributed by atoms with Crippen LogP contribution in [0.3, 0.4) is 0 Å². The number of carbonyl (C=O) groups excluding carboxylic acids is 2. The fraction of sp³-hybridized carbons (Fsp3) is 0.949. The average Bonchev–Trinajstić information content (AvgIpc) is 3.65. The van der Waals surface area contributed by atoms with Crippen molar-refractivity contribution in [1.29, 1.82) is 0 Å². The lowest BCUT2D eigenvalue weighted by molar-refractivity contribution is -0.180. The minimum Gasteiger partial charge on any atom is -0.446 e. The molecule has 8 fully saturated rings. The lowest BCUT2D eigenvalue weighted by Gasteiger charge is -2.63. The molecular formula is C39H63N3O7. The lowest BCUT2D eigenvalue weighted by atomic mass is 9.43. The van der Waals surface area contributed by atoms with Crippen molar-refractivity contribution >= 4 is 12.2 Å². The van der Waals surface area contributed by atoms with Crippen molar-refractivity contribution in [1.82, 2.24) is 10.2 Å². The Morgan fingerprint density at radius 1 is 0.980 bits per heavy atom. The van der Waals surface area contributed by atoms with Crippen molar-refractivity contribution in [2.45, 2.75) is 154 Å². The quantitative estimate of drug-likeness (QED) is 0.339. The summed E-state index contributed by atoms with van der Waals surface area (Å²) in [5.74, 6) is 1.21. The van der Waals surface area contributed by atoms with Crippen molar-refractivity contribution in [2.75, 3.05) is 26.3 Å². The molecule has 0 aromatic carbocycles. The molecule has 49 heavy (non-hydrogen) atoms. The third-order valence-electron chi connectivity index (χ3n) is 16.4. The van der Waals surface area contributed by atoms with Gasteiger partial charge in [0.2, 0.25) is 0 Å². The van der Waals surface area contributed by atoms with Gasteiger partial charge in [0.1, 0.15) is 12.2 Å². The summed E-state index contributed by atoms with van der Waals surface area (Å²) in [6.45, 7) is 16.4. The molecule has 10 nitrogen and oxygen atoms in total. The summed E-state index contributed by atoms with van der Waals surface area (Å²) in [5.41, 5.74) is 6.98. The summed E-state index contributed by atoms with van der Waals surface area (Å²) < 4.78 is 24.8. The van der Waals surface area contributed by atoms with E-state index in [1.807, 2.05) is 0 Å². The van der Waals surface area contributed by atoms with Gasteiger partial charge >= 0.3 is 12.2 Å². The number of hydrogen-bond donors (Lipinski definition) is 3. The molecular weight excluding hydrogens is 622 g/mol. The Hall–Kier alpha value is -1.62. The fourth-order valence-corrected chi connectivity index (χ4v) is 13.9. The topological polar surface area (TPSA) is 133 Å². The third kappa shape index (κ3) is 4.77. The molecule has 0 aromatic rings. The largest absolute Gasteiger partial charge is 0.446 e. The van der Waals surface area contributed by atoms with Gasteiger partial charge in [-0.1, -0.05) is 41.5 Å². The summed E-state index contributed by atoms with van der Waals surface area (Å²) in [6.07, 6.45) is 8.33. The maximum Gasteiger partial charge on any atom is 0.410 e. The van der Waals surface area contributed by atoms with E-state index in [1.165, 1.54) is 0 Å². The van der Waals surface area contributed by atoms with Crippen LogP contribution < -0.4 is 11.1 Å². The second-order valence-corrected chi connectivity index (χ2v) is 19.1. The molecule has 0 bridgehead atoms. The van der Waals surface area contributed by atoms with E-state index in [2.05, 4.69) is 46.9 Å². The van der Waals surface area contributed by atoms with Crippen molar-refractivity contribution in [2.24, 2.45) is 57.0 Å². The summed E-state index contributed by atoms with van der Waals surface area (Å²) in [5, 5.41) is 15.6. The summed E-state index contributed by atoms with van der Waals surface area (Å²) in [4.78, 5) is 27.8. The van der Waals surface area contributed by atoms with Crippen LogP contribution in [0.4, 0.5) is 9.59 Å². The number of alkyl carbamates (subject to hydrolysis) is 1. The van der Waals surface area contributed by atoms with Crippen LogP contribution in [0.2, 0.25) is 0 Å². The van der Waals surface area contributed by atoms with E-state index in [-0.39, 0.29) is 88.0 Å². The minimum atomic E-state index is -0.774. The SMILES string of the molecule is CC(C)[C@@H](OC(=O)N1CCC1)C1C[C@@H](C)[C@H]2C(O1)[C@H](O)[C@@]1(N)C3CC[C@H]4C(C)(C)[C@@H](OC(=O)NC5CCOCC5)CCC45CC35CCC21C. The van der Waals surface area contributed by atoms with E-state index in [4.69, 9.17) is 24.7 Å². The van der Waals surface area contributed by atoms with Crippen LogP contribution in [-0.4, -0.2) is 90.6 Å². The van der Waals surface area contributed by atoms with Crippen LogP contribution in [0.25, 0.3) is 0 Å². The highest BCUT2D eigenvalue weighted by Gasteiger charge is 2.85. The van der Waals surface area contributed by atoms with Gasteiger partial charge in [-0.25, -0.2) is 9.59 Å². The number of ether oxygens (including phenoxy) is 4. The number of aliphatic hydroxyl groups excluding tert-OH is 1. The van der Waals surface area contributed by atoms with Gasteiger partial charge in [-0.15, -0.1) is 0 Å². The van der Waals surface area contributed by atoms with E-state index in [0.29, 0.717) is 19.1 Å². The number of rotatable bonds is 5. The molecule has 276 valence electrons. The highest BCUT2D eigenvalue weighted by Crippen LogP contribution is 2.87. The number of nitrogens with one attached hydrogen (secondary N) is 1. The van der Waals surface area contributed by atoms with E-state index in [1.54, 1.807) is 4.90 Å². The number of aliphatic hydroxyl groups is 1. The van der Waals surface area contributed by atoms with Gasteiger partial charge in [-0.3, -0.25) is 0 Å². The molecule has 0 aromatic heterocycles. The van der Waals surface area contributed by atoms with Gasteiger partial charge in [0.25, 0.3) is 0 Å². The summed E-state index contributed by atoms with van der Waals surface area (Å²) >= 11 is 0. The standard InChI is InChI=1S/C39H63N3O7/c1-22(2)30(49-34(45)42-16-7-17-42)25-20-23(3)29-31(47-25)32(43)39(40)27-9-8-26-35(4,5)28(48-33(44)41-24-11-18-46-19-12-24)10-13-37(26)21-38(27,37)15-14-36(29,39)6/h22-32,43H,7-21,40H2,1-6H3,(H,41,44)/t23-,25?,26+,27?,28+,29+,30-,31?,32+,36?,37?,38?,39+/m1/s1. The number of amides is 2. The summed E-state index contributed by atoms with van der Waals surface area (Å²) in [7, 11) is 0. The van der Waals surface area contributed by atoms with Gasteiger partial charge in [-0.2, -0.15) is 0 Å². The Morgan fingerprint density at radius 2 is 1.67 bits per heavy atom. The molecule has 13 atom stereocenters. The first-order chi connectivity index (χ1) is 23.2. The van der Waals surface area contributed by atoms with Gasteiger partial charge in [0.05, 0.1) is 23.9 Å². The van der Waals surface area contributed by atoms with Crippen molar-refractivity contribution in [3.63, 3.8) is 0 Å². The molecule has 8 aliphatic rings. The number of nitrogens with zero attached hydrogens (tertiary/aromatic N) is 1. The molecule has 6 unspecified atom stereocenters. The fourth-order valence-electron chi connectivity index (χ4n) is 13.9. The maximum atomic E-state index is 13.1. The van der Waals surface area contributed by atoms with E-state index < -0.39 is 11.6 Å². The number of likely N-dealkylation sites (tertiary alicyclic amines) is 1. The van der Waals surface area contributed by atoms with Crippen molar-refractivity contribution in [3.8, 4) is 0 Å². The average molecular weight is 686 g/mol. The highest BCUT2D eigenvalue weighted by molar-refractivity contribution is 5.69. The predicted octanol–water partition coefficient (Wildman–Crippen LogP) is 5.63. The Bertz CT molecular complexity index is 1320. The van der Waals surface area contributed by atoms with Crippen LogP contribution in [0.5, 0.6) is 0 Å². The molecule has 8 rings (SSSR count). The minimum absolute atomic E-state index is 0.0995. The first kappa shape index (κ1) is 34.5. The molecule has 2 amide bonds. The number of nitrogens with two attached hydrogens (primary N) is 1.